The lowest BCUT2D eigenvalue weighted by molar-refractivity contribution is 0.408. The largest absolute Gasteiger partial charge is 0.496 e. The zero-order valence-corrected chi connectivity index (χ0v) is 16.6. The van der Waals surface area contributed by atoms with Gasteiger partial charge in [-0.3, -0.25) is 9.98 Å². The first-order valence-electron chi connectivity index (χ1n) is 9.32. The second kappa shape index (κ2) is 7.04. The highest BCUT2D eigenvalue weighted by atomic mass is 16.5. The van der Waals surface area contributed by atoms with Crippen LogP contribution in [0.5, 0.6) is 5.75 Å². The fourth-order valence-electron chi connectivity index (χ4n) is 3.87. The van der Waals surface area contributed by atoms with Crippen molar-refractivity contribution in [3.05, 3.63) is 83.2 Å². The van der Waals surface area contributed by atoms with Crippen molar-refractivity contribution >= 4 is 11.9 Å². The molecule has 0 bridgehead atoms. The Morgan fingerprint density at radius 3 is 2.21 bits per heavy atom. The second-order valence-corrected chi connectivity index (χ2v) is 7.15. The summed E-state index contributed by atoms with van der Waals surface area (Å²) in [5.41, 5.74) is 6.55. The van der Waals surface area contributed by atoms with Crippen LogP contribution in [-0.4, -0.2) is 24.0 Å². The summed E-state index contributed by atoms with van der Waals surface area (Å²) >= 11 is 0. The molecule has 4 nitrogen and oxygen atoms in total. The molecule has 0 spiro atoms. The predicted molar refractivity (Wildman–Crippen MR) is 115 cm³/mol. The summed E-state index contributed by atoms with van der Waals surface area (Å²) in [5.74, 6) is 0.908. The maximum absolute atomic E-state index is 5.55. The summed E-state index contributed by atoms with van der Waals surface area (Å²) < 4.78 is 5.55. The zero-order chi connectivity index (χ0) is 19.7. The highest BCUT2D eigenvalue weighted by Crippen LogP contribution is 2.41. The Bertz CT molecular complexity index is 1060. The molecule has 1 unspecified atom stereocenters. The molecular formula is C24H23N3O. The number of pyridine rings is 1. The highest BCUT2D eigenvalue weighted by molar-refractivity contribution is 6.31. The minimum atomic E-state index is -0.774. The lowest BCUT2D eigenvalue weighted by Gasteiger charge is -2.26. The molecule has 2 heterocycles. The van der Waals surface area contributed by atoms with Gasteiger partial charge < -0.3 is 4.74 Å². The molecule has 0 fully saturated rings. The molecule has 1 aliphatic heterocycles. The standard InChI is InChI=1S/C24H23N3O/c1-16-11-22(12-17(2)23(16)28-4)24(26-14-18(3)27-24)21-9-5-7-19(13-21)20-8-6-10-25-15-20/h5-15H,1-4H3. The third kappa shape index (κ3) is 3.01. The van der Waals surface area contributed by atoms with Gasteiger partial charge in [0.1, 0.15) is 5.75 Å². The van der Waals surface area contributed by atoms with Crippen molar-refractivity contribution in [2.45, 2.75) is 26.4 Å². The van der Waals surface area contributed by atoms with Gasteiger partial charge in [0, 0.05) is 29.7 Å². The minimum Gasteiger partial charge on any atom is -0.496 e. The van der Waals surface area contributed by atoms with E-state index < -0.39 is 5.66 Å². The lowest BCUT2D eigenvalue weighted by Crippen LogP contribution is -2.21. The van der Waals surface area contributed by atoms with Gasteiger partial charge in [-0.25, -0.2) is 4.99 Å². The first kappa shape index (κ1) is 18.1. The number of benzene rings is 2. The number of nitrogens with zero attached hydrogens (tertiary/aromatic N) is 3. The quantitative estimate of drug-likeness (QED) is 0.641. The summed E-state index contributed by atoms with van der Waals surface area (Å²) in [7, 11) is 1.71. The van der Waals surface area contributed by atoms with Crippen LogP contribution in [0.4, 0.5) is 0 Å². The number of aryl methyl sites for hydroxylation is 2. The van der Waals surface area contributed by atoms with Gasteiger partial charge >= 0.3 is 0 Å². The maximum atomic E-state index is 5.55. The Balaban J connectivity index is 1.91. The Labute approximate surface area is 165 Å². The molecule has 0 aliphatic carbocycles. The van der Waals surface area contributed by atoms with Crippen LogP contribution >= 0.6 is 0 Å². The van der Waals surface area contributed by atoms with Crippen LogP contribution in [0.15, 0.2) is 70.9 Å². The average Bonchev–Trinajstić information content (AvgIpc) is 3.11. The first-order valence-corrected chi connectivity index (χ1v) is 9.32. The van der Waals surface area contributed by atoms with Crippen molar-refractivity contribution in [2.75, 3.05) is 7.11 Å². The molecule has 0 saturated carbocycles. The van der Waals surface area contributed by atoms with Crippen LogP contribution in [-0.2, 0) is 5.66 Å². The summed E-state index contributed by atoms with van der Waals surface area (Å²) in [5, 5.41) is 0. The van der Waals surface area contributed by atoms with Gasteiger partial charge in [-0.1, -0.05) is 24.3 Å². The molecule has 3 aromatic rings. The monoisotopic (exact) mass is 369 g/mol. The Kier molecular flexibility index (Phi) is 4.55. The van der Waals surface area contributed by atoms with Crippen LogP contribution in [0.3, 0.4) is 0 Å². The number of hydrogen-bond donors (Lipinski definition) is 0. The second-order valence-electron chi connectivity index (χ2n) is 7.15. The van der Waals surface area contributed by atoms with Gasteiger partial charge in [0.05, 0.1) is 12.8 Å². The van der Waals surface area contributed by atoms with E-state index in [1.165, 1.54) is 0 Å². The van der Waals surface area contributed by atoms with Gasteiger partial charge in [-0.15, -0.1) is 0 Å². The van der Waals surface area contributed by atoms with E-state index >= 15 is 0 Å². The van der Waals surface area contributed by atoms with Gasteiger partial charge in [-0.05, 0) is 67.3 Å². The van der Waals surface area contributed by atoms with Crippen molar-refractivity contribution in [1.29, 1.82) is 0 Å². The predicted octanol–water partition coefficient (Wildman–Crippen LogP) is 5.12. The molecular weight excluding hydrogens is 346 g/mol. The van der Waals surface area contributed by atoms with Crippen molar-refractivity contribution in [2.24, 2.45) is 9.98 Å². The maximum Gasteiger partial charge on any atom is 0.201 e. The summed E-state index contributed by atoms with van der Waals surface area (Å²) in [6.45, 7) is 6.11. The fourth-order valence-corrected chi connectivity index (χ4v) is 3.87. The smallest absolute Gasteiger partial charge is 0.201 e. The number of aliphatic imine (C=N–C) groups is 2. The van der Waals surface area contributed by atoms with Crippen LogP contribution in [0.25, 0.3) is 11.1 Å². The number of ether oxygens (including phenoxy) is 1. The lowest BCUT2D eigenvalue weighted by atomic mass is 9.88. The summed E-state index contributed by atoms with van der Waals surface area (Å²) in [6, 6.07) is 16.7. The van der Waals surface area contributed by atoms with Crippen LogP contribution in [0, 0.1) is 13.8 Å². The molecule has 0 amide bonds. The summed E-state index contributed by atoms with van der Waals surface area (Å²) in [6.07, 6.45) is 5.51. The number of hydrogen-bond acceptors (Lipinski definition) is 4. The fraction of sp³-hybridized carbons (Fsp3) is 0.208. The topological polar surface area (TPSA) is 46.8 Å². The third-order valence-electron chi connectivity index (χ3n) is 5.10. The van der Waals surface area contributed by atoms with Gasteiger partial charge in [-0.2, -0.15) is 0 Å². The molecule has 2 aromatic carbocycles. The van der Waals surface area contributed by atoms with Crippen LogP contribution < -0.4 is 4.74 Å². The normalized spacial score (nSPS) is 18.2. The number of rotatable bonds is 4. The van der Waals surface area contributed by atoms with E-state index in [1.807, 2.05) is 25.4 Å². The molecule has 0 saturated heterocycles. The molecule has 28 heavy (non-hydrogen) atoms. The Hall–Kier alpha value is -3.27. The van der Waals surface area contributed by atoms with E-state index in [2.05, 4.69) is 61.3 Å². The van der Waals surface area contributed by atoms with E-state index in [4.69, 9.17) is 14.7 Å². The molecule has 4 heteroatoms. The van der Waals surface area contributed by atoms with E-state index in [9.17, 15) is 0 Å². The minimum absolute atomic E-state index is 0.774. The summed E-state index contributed by atoms with van der Waals surface area (Å²) in [4.78, 5) is 14.1. The van der Waals surface area contributed by atoms with Crippen molar-refractivity contribution in [3.63, 3.8) is 0 Å². The molecule has 1 atom stereocenters. The van der Waals surface area contributed by atoms with Crippen LogP contribution in [0.1, 0.15) is 29.2 Å². The van der Waals surface area contributed by atoms with E-state index in [0.717, 1.165) is 44.8 Å². The zero-order valence-electron chi connectivity index (χ0n) is 16.6. The Morgan fingerprint density at radius 2 is 1.61 bits per heavy atom. The Morgan fingerprint density at radius 1 is 0.857 bits per heavy atom. The molecule has 0 radical (unpaired) electrons. The molecule has 0 N–H and O–H groups in total. The van der Waals surface area contributed by atoms with E-state index in [1.54, 1.807) is 13.3 Å². The number of aromatic nitrogens is 1. The van der Waals surface area contributed by atoms with E-state index in [0.29, 0.717) is 0 Å². The van der Waals surface area contributed by atoms with Gasteiger partial charge in [0.25, 0.3) is 0 Å². The van der Waals surface area contributed by atoms with Crippen LogP contribution in [0.2, 0.25) is 0 Å². The van der Waals surface area contributed by atoms with Crippen molar-refractivity contribution in [1.82, 2.24) is 4.98 Å². The van der Waals surface area contributed by atoms with Crippen molar-refractivity contribution in [3.8, 4) is 16.9 Å². The molecule has 1 aromatic heterocycles. The van der Waals surface area contributed by atoms with Crippen molar-refractivity contribution < 1.29 is 4.74 Å². The van der Waals surface area contributed by atoms with Gasteiger partial charge in [0.15, 0.2) is 0 Å². The third-order valence-corrected chi connectivity index (χ3v) is 5.10. The highest BCUT2D eigenvalue weighted by Gasteiger charge is 2.36. The average molecular weight is 369 g/mol. The molecule has 4 rings (SSSR count). The number of methoxy groups -OCH3 is 1. The molecule has 140 valence electrons. The SMILES string of the molecule is COc1c(C)cc(C2(c3cccc(-c4cccnc4)c3)N=CC(C)=N2)cc1C. The van der Waals surface area contributed by atoms with E-state index in [-0.39, 0.29) is 0 Å². The first-order chi connectivity index (χ1) is 13.5. The molecule has 1 aliphatic rings. The van der Waals surface area contributed by atoms with Gasteiger partial charge in [0.2, 0.25) is 5.66 Å².